The van der Waals surface area contributed by atoms with Crippen LogP contribution < -0.4 is 16.2 Å². The number of hydrazine groups is 1. The van der Waals surface area contributed by atoms with E-state index in [0.29, 0.717) is 12.3 Å². The SMILES string of the molecule is CN(C)C1(c2ccccc2)CCC2(CC1)C[C@@H](N1C=NC=CC1NC(=O)C(=O)CC1CCC1)NN2. The van der Waals surface area contributed by atoms with E-state index in [1.54, 1.807) is 12.5 Å². The summed E-state index contributed by atoms with van der Waals surface area (Å²) < 4.78 is 0. The van der Waals surface area contributed by atoms with E-state index in [9.17, 15) is 9.59 Å². The van der Waals surface area contributed by atoms with Gasteiger partial charge in [-0.1, -0.05) is 36.8 Å². The third-order valence-electron chi connectivity index (χ3n) is 8.76. The minimum Gasteiger partial charge on any atom is -0.326 e. The summed E-state index contributed by atoms with van der Waals surface area (Å²) in [6, 6.07) is 10.8. The number of aliphatic imine (C=N–C) groups is 1. The van der Waals surface area contributed by atoms with Gasteiger partial charge in [0.1, 0.15) is 6.17 Å². The van der Waals surface area contributed by atoms with E-state index in [0.717, 1.165) is 51.4 Å². The average molecular weight is 479 g/mol. The molecule has 0 aromatic heterocycles. The second-order valence-electron chi connectivity index (χ2n) is 11.0. The molecular weight excluding hydrogens is 440 g/mol. The Balaban J connectivity index is 1.22. The molecule has 1 aromatic carbocycles. The molecule has 4 aliphatic rings. The maximum Gasteiger partial charge on any atom is 0.289 e. The number of hydrogen-bond acceptors (Lipinski definition) is 7. The van der Waals surface area contributed by atoms with Crippen molar-refractivity contribution in [2.24, 2.45) is 10.9 Å². The second-order valence-corrected chi connectivity index (χ2v) is 11.0. The predicted octanol–water partition coefficient (Wildman–Crippen LogP) is 2.64. The van der Waals surface area contributed by atoms with E-state index >= 15 is 0 Å². The van der Waals surface area contributed by atoms with Gasteiger partial charge in [0.25, 0.3) is 5.91 Å². The summed E-state index contributed by atoms with van der Waals surface area (Å²) in [6.07, 6.45) is 13.6. The Hall–Kier alpha value is -2.55. The lowest BCUT2D eigenvalue weighted by Gasteiger charge is -2.49. The number of hydrogen-bond donors (Lipinski definition) is 3. The van der Waals surface area contributed by atoms with Gasteiger partial charge in [-0.2, -0.15) is 0 Å². The molecule has 1 unspecified atom stereocenters. The van der Waals surface area contributed by atoms with Crippen LogP contribution in [0.25, 0.3) is 0 Å². The van der Waals surface area contributed by atoms with Crippen LogP contribution in [0.5, 0.6) is 0 Å². The average Bonchev–Trinajstić information content (AvgIpc) is 3.26. The summed E-state index contributed by atoms with van der Waals surface area (Å²) in [5.41, 5.74) is 8.49. The van der Waals surface area contributed by atoms with Crippen molar-refractivity contribution in [2.45, 2.75) is 81.2 Å². The van der Waals surface area contributed by atoms with Crippen LogP contribution in [0.1, 0.15) is 63.4 Å². The zero-order chi connectivity index (χ0) is 24.5. The fourth-order valence-corrected chi connectivity index (χ4v) is 6.18. The van der Waals surface area contributed by atoms with Crippen molar-refractivity contribution < 1.29 is 9.59 Å². The van der Waals surface area contributed by atoms with Crippen LogP contribution >= 0.6 is 0 Å². The quantitative estimate of drug-likeness (QED) is 0.522. The molecule has 3 N–H and O–H groups in total. The highest BCUT2D eigenvalue weighted by Crippen LogP contribution is 2.47. The molecule has 1 aromatic rings. The number of ketones is 1. The lowest BCUT2D eigenvalue weighted by Crippen LogP contribution is -2.56. The molecule has 3 fully saturated rings. The predicted molar refractivity (Wildman–Crippen MR) is 136 cm³/mol. The largest absolute Gasteiger partial charge is 0.326 e. The molecule has 1 saturated heterocycles. The molecule has 2 saturated carbocycles. The zero-order valence-electron chi connectivity index (χ0n) is 20.9. The van der Waals surface area contributed by atoms with Gasteiger partial charge in [0.2, 0.25) is 5.78 Å². The summed E-state index contributed by atoms with van der Waals surface area (Å²) in [5, 5.41) is 2.92. The molecule has 0 radical (unpaired) electrons. The van der Waals surface area contributed by atoms with Crippen molar-refractivity contribution in [3.05, 3.63) is 48.2 Å². The highest BCUT2D eigenvalue weighted by atomic mass is 16.2. The summed E-state index contributed by atoms with van der Waals surface area (Å²) in [7, 11) is 4.37. The van der Waals surface area contributed by atoms with Crippen LogP contribution in [0, 0.1) is 5.92 Å². The number of rotatable bonds is 7. The Morgan fingerprint density at radius 3 is 2.54 bits per heavy atom. The van der Waals surface area contributed by atoms with E-state index in [4.69, 9.17) is 0 Å². The van der Waals surface area contributed by atoms with Gasteiger partial charge in [-0.05, 0) is 70.2 Å². The zero-order valence-corrected chi connectivity index (χ0v) is 20.9. The maximum absolute atomic E-state index is 12.6. The van der Waals surface area contributed by atoms with Gasteiger partial charge in [-0.3, -0.25) is 14.5 Å². The Morgan fingerprint density at radius 2 is 1.89 bits per heavy atom. The highest BCUT2D eigenvalue weighted by Gasteiger charge is 2.49. The van der Waals surface area contributed by atoms with Crippen LogP contribution in [-0.4, -0.2) is 59.8 Å². The first-order chi connectivity index (χ1) is 16.9. The lowest BCUT2D eigenvalue weighted by atomic mass is 9.68. The van der Waals surface area contributed by atoms with Crippen LogP contribution in [0.3, 0.4) is 0 Å². The van der Waals surface area contributed by atoms with E-state index in [2.05, 4.69) is 70.5 Å². The normalized spacial score (nSPS) is 32.7. The van der Waals surface area contributed by atoms with Gasteiger partial charge in [0, 0.05) is 30.1 Å². The number of amides is 1. The van der Waals surface area contributed by atoms with Crippen LogP contribution in [-0.2, 0) is 15.1 Å². The number of carbonyl (C=O) groups excluding carboxylic acids is 2. The van der Waals surface area contributed by atoms with Crippen LogP contribution in [0.4, 0.5) is 0 Å². The molecular formula is C27H38N6O2. The van der Waals surface area contributed by atoms with E-state index in [1.165, 1.54) is 5.56 Å². The Morgan fingerprint density at radius 1 is 1.14 bits per heavy atom. The van der Waals surface area contributed by atoms with Crippen molar-refractivity contribution >= 4 is 18.0 Å². The second kappa shape index (κ2) is 9.84. The van der Waals surface area contributed by atoms with Crippen molar-refractivity contribution in [3.63, 3.8) is 0 Å². The van der Waals surface area contributed by atoms with Crippen LogP contribution in [0.15, 0.2) is 47.6 Å². The molecule has 35 heavy (non-hydrogen) atoms. The Bertz CT molecular complexity index is 979. The first-order valence-corrected chi connectivity index (χ1v) is 13.0. The molecule has 2 heterocycles. The first-order valence-electron chi connectivity index (χ1n) is 13.0. The number of benzene rings is 1. The summed E-state index contributed by atoms with van der Waals surface area (Å²) in [4.78, 5) is 33.7. The third-order valence-corrected chi connectivity index (χ3v) is 8.76. The van der Waals surface area contributed by atoms with E-state index in [-0.39, 0.29) is 23.0 Å². The summed E-state index contributed by atoms with van der Waals surface area (Å²) in [5.74, 6) is -0.429. The maximum atomic E-state index is 12.6. The van der Waals surface area contributed by atoms with Crippen molar-refractivity contribution in [3.8, 4) is 0 Å². The fourth-order valence-electron chi connectivity index (χ4n) is 6.18. The van der Waals surface area contributed by atoms with Crippen molar-refractivity contribution in [1.82, 2.24) is 26.0 Å². The molecule has 1 amide bonds. The molecule has 2 atom stereocenters. The smallest absolute Gasteiger partial charge is 0.289 e. The van der Waals surface area contributed by atoms with Gasteiger partial charge >= 0.3 is 0 Å². The minimum atomic E-state index is -0.496. The number of carbonyl (C=O) groups is 2. The third kappa shape index (κ3) is 4.79. The van der Waals surface area contributed by atoms with Crippen LogP contribution in [0.2, 0.25) is 0 Å². The van der Waals surface area contributed by atoms with Gasteiger partial charge in [-0.15, -0.1) is 0 Å². The molecule has 5 rings (SSSR count). The van der Waals surface area contributed by atoms with Gasteiger partial charge in [-0.25, -0.2) is 15.8 Å². The lowest BCUT2D eigenvalue weighted by molar-refractivity contribution is -0.139. The van der Waals surface area contributed by atoms with E-state index in [1.807, 2.05) is 11.0 Å². The van der Waals surface area contributed by atoms with Crippen molar-refractivity contribution in [1.29, 1.82) is 0 Å². The topological polar surface area (TPSA) is 89.1 Å². The fraction of sp³-hybridized carbons (Fsp3) is 0.593. The standard InChI is InChI=1S/C27H38N6O2/c1-32(2)27(21-9-4-3-5-10-21)14-12-26(13-15-27)18-24(30-31-26)33-19-28-16-11-23(33)29-25(35)22(34)17-20-7-6-8-20/h3-5,9-11,16,19-20,23-24,30-31H,6-8,12-15,17-18H2,1-2H3,(H,29,35)/t23?,24-,26?,27?/m1/s1. The molecule has 188 valence electrons. The van der Waals surface area contributed by atoms with Gasteiger partial charge < -0.3 is 10.2 Å². The summed E-state index contributed by atoms with van der Waals surface area (Å²) in [6.45, 7) is 0. The number of nitrogens with zero attached hydrogens (tertiary/aromatic N) is 3. The van der Waals surface area contributed by atoms with E-state index < -0.39 is 12.1 Å². The number of nitrogens with one attached hydrogen (secondary N) is 3. The summed E-state index contributed by atoms with van der Waals surface area (Å²) >= 11 is 0. The first kappa shape index (κ1) is 24.2. The molecule has 2 aliphatic carbocycles. The van der Waals surface area contributed by atoms with Gasteiger partial charge in [0.15, 0.2) is 0 Å². The number of Topliss-reactive ketones (excluding diaryl/α,β-unsaturated/α-hetero) is 1. The molecule has 8 heteroatoms. The van der Waals surface area contributed by atoms with Crippen molar-refractivity contribution in [2.75, 3.05) is 14.1 Å². The molecule has 1 spiro atoms. The minimum absolute atomic E-state index is 0.0113. The Kier molecular flexibility index (Phi) is 6.79. The monoisotopic (exact) mass is 478 g/mol. The highest BCUT2D eigenvalue weighted by molar-refractivity contribution is 6.36. The Labute approximate surface area is 208 Å². The van der Waals surface area contributed by atoms with Gasteiger partial charge in [0.05, 0.1) is 12.5 Å². The molecule has 0 bridgehead atoms. The molecule has 2 aliphatic heterocycles. The molecule has 8 nitrogen and oxygen atoms in total.